The third-order valence-corrected chi connectivity index (χ3v) is 5.48. The summed E-state index contributed by atoms with van der Waals surface area (Å²) >= 11 is 0. The number of carbonyl (C=O) groups excluding carboxylic acids is 1. The van der Waals surface area contributed by atoms with Gasteiger partial charge in [-0.05, 0) is 49.1 Å². The van der Waals surface area contributed by atoms with Gasteiger partial charge in [0.1, 0.15) is 5.82 Å². The van der Waals surface area contributed by atoms with Crippen LogP contribution in [0.2, 0.25) is 0 Å². The highest BCUT2D eigenvalue weighted by Crippen LogP contribution is 2.36. The van der Waals surface area contributed by atoms with Gasteiger partial charge in [-0.2, -0.15) is 5.10 Å². The predicted octanol–water partition coefficient (Wildman–Crippen LogP) is 3.44. The molecule has 3 aromatic rings. The van der Waals surface area contributed by atoms with Crippen LogP contribution in [0.5, 0.6) is 5.88 Å². The third-order valence-electron chi connectivity index (χ3n) is 5.48. The molecule has 1 atom stereocenters. The van der Waals surface area contributed by atoms with Crippen molar-refractivity contribution < 1.29 is 18.7 Å². The van der Waals surface area contributed by atoms with Gasteiger partial charge in [0, 0.05) is 23.9 Å². The van der Waals surface area contributed by atoms with Gasteiger partial charge in [-0.15, -0.1) is 0 Å². The lowest BCUT2D eigenvalue weighted by molar-refractivity contribution is 0.100. The van der Waals surface area contributed by atoms with Crippen molar-refractivity contribution in [3.8, 4) is 28.3 Å². The van der Waals surface area contributed by atoms with E-state index in [0.29, 0.717) is 30.4 Å². The fourth-order valence-electron chi connectivity index (χ4n) is 4.03. The maximum atomic E-state index is 15.4. The molecule has 0 spiro atoms. The second-order valence-electron chi connectivity index (χ2n) is 7.38. The van der Waals surface area contributed by atoms with Crippen LogP contribution in [0.3, 0.4) is 0 Å². The molecule has 8 heteroatoms. The molecule has 7 nitrogen and oxygen atoms in total. The van der Waals surface area contributed by atoms with E-state index < -0.39 is 11.7 Å². The minimum Gasteiger partial charge on any atom is -0.481 e. The number of amides is 1. The molecule has 0 radical (unpaired) electrons. The molecule has 1 fully saturated rings. The lowest BCUT2D eigenvalue weighted by Crippen LogP contribution is -2.16. The van der Waals surface area contributed by atoms with Gasteiger partial charge in [0.2, 0.25) is 5.88 Å². The molecule has 156 valence electrons. The van der Waals surface area contributed by atoms with E-state index in [-0.39, 0.29) is 17.2 Å². The quantitative estimate of drug-likeness (QED) is 0.696. The summed E-state index contributed by atoms with van der Waals surface area (Å²) in [7, 11) is 1.55. The zero-order valence-electron chi connectivity index (χ0n) is 17.1. The monoisotopic (exact) mass is 410 g/mol. The van der Waals surface area contributed by atoms with Gasteiger partial charge >= 0.3 is 0 Å². The summed E-state index contributed by atoms with van der Waals surface area (Å²) in [4.78, 5) is 16.2. The number of nitrogens with two attached hydrogens (primary N) is 1. The molecular formula is C22H23FN4O3. The molecule has 0 saturated carbocycles. The number of aryl methyl sites for hydroxylation is 1. The van der Waals surface area contributed by atoms with Crippen LogP contribution in [0.25, 0.3) is 22.4 Å². The fraction of sp³-hybridized carbons (Fsp3) is 0.318. The maximum absolute atomic E-state index is 15.4. The molecule has 2 aromatic heterocycles. The molecule has 1 aliphatic heterocycles. The van der Waals surface area contributed by atoms with E-state index in [1.165, 1.54) is 12.3 Å². The Hall–Kier alpha value is -3.26. The largest absolute Gasteiger partial charge is 0.481 e. The normalized spacial score (nSPS) is 16.1. The Morgan fingerprint density at radius 3 is 2.77 bits per heavy atom. The number of hydrogen-bond acceptors (Lipinski definition) is 5. The number of nitrogens with zero attached hydrogens (tertiary/aromatic N) is 3. The minimum atomic E-state index is -0.649. The van der Waals surface area contributed by atoms with Gasteiger partial charge in [0.25, 0.3) is 5.91 Å². The number of primary amides is 1. The van der Waals surface area contributed by atoms with E-state index in [1.807, 2.05) is 19.9 Å². The van der Waals surface area contributed by atoms with Crippen LogP contribution >= 0.6 is 0 Å². The summed E-state index contributed by atoms with van der Waals surface area (Å²) in [6.45, 7) is 4.86. The van der Waals surface area contributed by atoms with E-state index in [0.717, 1.165) is 23.1 Å². The van der Waals surface area contributed by atoms with Crippen LogP contribution in [0.15, 0.2) is 30.6 Å². The first-order valence-electron chi connectivity index (χ1n) is 9.68. The van der Waals surface area contributed by atoms with Crippen LogP contribution in [0.1, 0.15) is 33.9 Å². The lowest BCUT2D eigenvalue weighted by Gasteiger charge is -2.16. The Morgan fingerprint density at radius 1 is 1.33 bits per heavy atom. The number of hydrogen-bond donors (Lipinski definition) is 1. The summed E-state index contributed by atoms with van der Waals surface area (Å²) in [6, 6.07) is 4.87. The molecule has 0 aliphatic carbocycles. The highest BCUT2D eigenvalue weighted by Gasteiger charge is 2.27. The number of ether oxygens (including phenoxy) is 2. The molecule has 0 unspecified atom stereocenters. The van der Waals surface area contributed by atoms with Crippen molar-refractivity contribution >= 4 is 5.91 Å². The smallest absolute Gasteiger partial charge is 0.252 e. The molecule has 0 bridgehead atoms. The molecule has 1 aliphatic rings. The zero-order valence-corrected chi connectivity index (χ0v) is 17.1. The van der Waals surface area contributed by atoms with Crippen molar-refractivity contribution in [1.29, 1.82) is 0 Å². The van der Waals surface area contributed by atoms with Gasteiger partial charge in [0.05, 0.1) is 37.2 Å². The highest BCUT2D eigenvalue weighted by atomic mass is 19.1. The average molecular weight is 410 g/mol. The SMILES string of the molecule is COc1ncc(C)c(-c2ccc(-c3c(C(N)=O)cnn3[C@H]3CCOC3)c(F)c2)c1C. The van der Waals surface area contributed by atoms with Gasteiger partial charge in [0.15, 0.2) is 0 Å². The van der Waals surface area contributed by atoms with E-state index >= 15 is 4.39 Å². The molecule has 3 heterocycles. The number of rotatable bonds is 5. The zero-order chi connectivity index (χ0) is 21.4. The van der Waals surface area contributed by atoms with E-state index in [4.69, 9.17) is 15.2 Å². The van der Waals surface area contributed by atoms with Gasteiger partial charge in [-0.1, -0.05) is 6.07 Å². The number of benzene rings is 1. The van der Waals surface area contributed by atoms with Gasteiger partial charge < -0.3 is 15.2 Å². The highest BCUT2D eigenvalue weighted by molar-refractivity contribution is 5.99. The average Bonchev–Trinajstić information content (AvgIpc) is 3.38. The van der Waals surface area contributed by atoms with Crippen molar-refractivity contribution in [2.75, 3.05) is 20.3 Å². The predicted molar refractivity (Wildman–Crippen MR) is 110 cm³/mol. The molecule has 4 rings (SSSR count). The van der Waals surface area contributed by atoms with Crippen molar-refractivity contribution in [3.05, 3.63) is 53.1 Å². The Kier molecular flexibility index (Phi) is 5.26. The summed E-state index contributed by atoms with van der Waals surface area (Å²) in [5.74, 6) is -0.621. The first-order valence-corrected chi connectivity index (χ1v) is 9.68. The topological polar surface area (TPSA) is 92.3 Å². The molecule has 1 amide bonds. The number of aromatic nitrogens is 3. The molecular weight excluding hydrogens is 387 g/mol. The van der Waals surface area contributed by atoms with Gasteiger partial charge in [-0.3, -0.25) is 9.48 Å². The Labute approximate surface area is 173 Å². The van der Waals surface area contributed by atoms with E-state index in [9.17, 15) is 4.79 Å². The number of halogens is 1. The first-order chi connectivity index (χ1) is 14.4. The van der Waals surface area contributed by atoms with Crippen LogP contribution in [0.4, 0.5) is 4.39 Å². The molecule has 30 heavy (non-hydrogen) atoms. The standard InChI is InChI=1S/C22H23FN4O3/c1-12-9-25-22(29-3)13(2)19(12)14-4-5-16(18(23)8-14)20-17(21(24)28)10-26-27(20)15-6-7-30-11-15/h4-5,8-10,15H,6-7,11H2,1-3H3,(H2,24,28)/t15-/m0/s1. The summed E-state index contributed by atoms with van der Waals surface area (Å²) in [5, 5.41) is 4.31. The van der Waals surface area contributed by atoms with Crippen LogP contribution in [0, 0.1) is 19.7 Å². The molecule has 2 N–H and O–H groups in total. The van der Waals surface area contributed by atoms with Crippen molar-refractivity contribution in [2.45, 2.75) is 26.3 Å². The fourth-order valence-corrected chi connectivity index (χ4v) is 4.03. The first kappa shape index (κ1) is 20.0. The summed E-state index contributed by atoms with van der Waals surface area (Å²) < 4.78 is 27.8. The number of methoxy groups -OCH3 is 1. The third kappa shape index (κ3) is 3.33. The molecule has 1 aromatic carbocycles. The number of pyridine rings is 1. The van der Waals surface area contributed by atoms with Crippen LogP contribution in [-0.4, -0.2) is 41.0 Å². The summed E-state index contributed by atoms with van der Waals surface area (Å²) in [6.07, 6.45) is 3.83. The molecule has 1 saturated heterocycles. The van der Waals surface area contributed by atoms with Crippen LogP contribution in [-0.2, 0) is 4.74 Å². The second kappa shape index (κ2) is 7.87. The van der Waals surface area contributed by atoms with Gasteiger partial charge in [-0.25, -0.2) is 9.37 Å². The summed E-state index contributed by atoms with van der Waals surface area (Å²) in [5.41, 5.74) is 9.67. The van der Waals surface area contributed by atoms with Crippen molar-refractivity contribution in [3.63, 3.8) is 0 Å². The Bertz CT molecular complexity index is 1120. The van der Waals surface area contributed by atoms with E-state index in [2.05, 4.69) is 10.1 Å². The Balaban J connectivity index is 1.85. The minimum absolute atomic E-state index is 0.0684. The van der Waals surface area contributed by atoms with Crippen molar-refractivity contribution in [1.82, 2.24) is 14.8 Å². The van der Waals surface area contributed by atoms with E-state index in [1.54, 1.807) is 24.1 Å². The lowest BCUT2D eigenvalue weighted by atomic mass is 9.95. The number of carbonyl (C=O) groups is 1. The van der Waals surface area contributed by atoms with Crippen molar-refractivity contribution in [2.24, 2.45) is 5.73 Å². The Morgan fingerprint density at radius 2 is 2.13 bits per heavy atom. The van der Waals surface area contributed by atoms with Crippen LogP contribution < -0.4 is 10.5 Å². The second-order valence-corrected chi connectivity index (χ2v) is 7.38. The maximum Gasteiger partial charge on any atom is 0.252 e.